The molecule has 0 fully saturated rings. The first-order valence-electron chi connectivity index (χ1n) is 5.37. The van der Waals surface area contributed by atoms with Gasteiger partial charge < -0.3 is 15.8 Å². The summed E-state index contributed by atoms with van der Waals surface area (Å²) in [5.74, 6) is -0.222. The van der Waals surface area contributed by atoms with Crippen molar-refractivity contribution in [3.63, 3.8) is 0 Å². The van der Waals surface area contributed by atoms with Crippen LogP contribution in [0.5, 0.6) is 5.75 Å². The molecule has 1 aromatic carbocycles. The Morgan fingerprint density at radius 3 is 2.82 bits per heavy atom. The molecule has 1 atom stereocenters. The highest BCUT2D eigenvalue weighted by Crippen LogP contribution is 2.16. The third kappa shape index (κ3) is 4.40. The fourth-order valence-corrected chi connectivity index (χ4v) is 1.46. The molecule has 0 bridgehead atoms. The molecule has 17 heavy (non-hydrogen) atoms. The number of amides is 1. The summed E-state index contributed by atoms with van der Waals surface area (Å²) in [5, 5.41) is 3.03. The maximum absolute atomic E-state index is 13.5. The van der Waals surface area contributed by atoms with Crippen LogP contribution in [0.15, 0.2) is 18.2 Å². The molecule has 5 heteroatoms. The zero-order chi connectivity index (χ0) is 12.8. The summed E-state index contributed by atoms with van der Waals surface area (Å²) in [4.78, 5) is 10.7. The van der Waals surface area contributed by atoms with Gasteiger partial charge in [-0.3, -0.25) is 4.79 Å². The predicted molar refractivity (Wildman–Crippen MR) is 63.1 cm³/mol. The monoisotopic (exact) mass is 240 g/mol. The molecule has 0 aromatic heterocycles. The first-order chi connectivity index (χ1) is 8.02. The summed E-state index contributed by atoms with van der Waals surface area (Å²) in [5.41, 5.74) is 5.59. The van der Waals surface area contributed by atoms with Crippen molar-refractivity contribution in [3.8, 4) is 5.75 Å². The third-order valence-corrected chi connectivity index (χ3v) is 2.41. The largest absolute Gasteiger partial charge is 0.497 e. The van der Waals surface area contributed by atoms with Gasteiger partial charge in [0.1, 0.15) is 11.6 Å². The van der Waals surface area contributed by atoms with Crippen LogP contribution in [0, 0.1) is 5.82 Å². The molecule has 0 heterocycles. The molecule has 0 aliphatic carbocycles. The quantitative estimate of drug-likeness (QED) is 0.785. The predicted octanol–water partition coefficient (Wildman–Crippen LogP) is 1.19. The van der Waals surface area contributed by atoms with E-state index in [0.717, 1.165) is 0 Å². The minimum absolute atomic E-state index is 0.0750. The number of rotatable bonds is 6. The van der Waals surface area contributed by atoms with Gasteiger partial charge in [-0.1, -0.05) is 6.07 Å². The Morgan fingerprint density at radius 2 is 2.29 bits per heavy atom. The number of benzene rings is 1. The van der Waals surface area contributed by atoms with Gasteiger partial charge >= 0.3 is 0 Å². The maximum Gasteiger partial charge on any atom is 0.218 e. The number of nitrogens with two attached hydrogens (primary N) is 1. The number of carbonyl (C=O) groups is 1. The number of carbonyl (C=O) groups excluding carboxylic acids is 1. The van der Waals surface area contributed by atoms with Gasteiger partial charge in [0.15, 0.2) is 0 Å². The minimum atomic E-state index is -0.375. The highest BCUT2D eigenvalue weighted by Gasteiger charge is 2.08. The van der Waals surface area contributed by atoms with Crippen molar-refractivity contribution < 1.29 is 13.9 Å². The van der Waals surface area contributed by atoms with Gasteiger partial charge in [-0.2, -0.15) is 0 Å². The SMILES string of the molecule is COc1ccc(CNC(C)CC(N)=O)c(F)c1. The van der Waals surface area contributed by atoms with Crippen molar-refractivity contribution in [1.82, 2.24) is 5.32 Å². The molecule has 0 aliphatic rings. The van der Waals surface area contributed by atoms with E-state index in [9.17, 15) is 9.18 Å². The highest BCUT2D eigenvalue weighted by molar-refractivity contribution is 5.74. The van der Waals surface area contributed by atoms with Crippen molar-refractivity contribution in [1.29, 1.82) is 0 Å². The van der Waals surface area contributed by atoms with E-state index in [0.29, 0.717) is 17.9 Å². The van der Waals surface area contributed by atoms with Crippen molar-refractivity contribution in [2.24, 2.45) is 5.73 Å². The Hall–Kier alpha value is -1.62. The molecule has 1 unspecified atom stereocenters. The Balaban J connectivity index is 2.54. The van der Waals surface area contributed by atoms with Gasteiger partial charge in [0.2, 0.25) is 5.91 Å². The number of hydrogen-bond donors (Lipinski definition) is 2. The summed E-state index contributed by atoms with van der Waals surface area (Å²) < 4.78 is 18.4. The smallest absolute Gasteiger partial charge is 0.218 e. The fraction of sp³-hybridized carbons (Fsp3) is 0.417. The standard InChI is InChI=1S/C12H17FN2O2/c1-8(5-12(14)16)15-7-9-3-4-10(17-2)6-11(9)13/h3-4,6,8,15H,5,7H2,1-2H3,(H2,14,16). The Bertz CT molecular complexity index is 396. The second kappa shape index (κ2) is 6.20. The lowest BCUT2D eigenvalue weighted by Crippen LogP contribution is -2.30. The van der Waals surface area contributed by atoms with E-state index < -0.39 is 0 Å². The van der Waals surface area contributed by atoms with E-state index in [-0.39, 0.29) is 24.2 Å². The van der Waals surface area contributed by atoms with Crippen LogP contribution in [0.25, 0.3) is 0 Å². The van der Waals surface area contributed by atoms with Gasteiger partial charge in [-0.25, -0.2) is 4.39 Å². The summed E-state index contributed by atoms with van der Waals surface area (Å²) in [6, 6.07) is 4.60. The average molecular weight is 240 g/mol. The molecule has 4 nitrogen and oxygen atoms in total. The van der Waals surface area contributed by atoms with Gasteiger partial charge in [0.25, 0.3) is 0 Å². The van der Waals surface area contributed by atoms with Crippen LogP contribution in [-0.4, -0.2) is 19.1 Å². The molecule has 1 amide bonds. The van der Waals surface area contributed by atoms with Crippen LogP contribution in [-0.2, 0) is 11.3 Å². The minimum Gasteiger partial charge on any atom is -0.497 e. The molecule has 0 saturated heterocycles. The molecule has 0 aliphatic heterocycles. The van der Waals surface area contributed by atoms with E-state index in [1.54, 1.807) is 12.1 Å². The lowest BCUT2D eigenvalue weighted by atomic mass is 10.1. The molecule has 1 rings (SSSR count). The van der Waals surface area contributed by atoms with Crippen molar-refractivity contribution in [2.45, 2.75) is 25.9 Å². The van der Waals surface area contributed by atoms with E-state index in [1.165, 1.54) is 13.2 Å². The van der Waals surface area contributed by atoms with E-state index in [1.807, 2.05) is 6.92 Å². The number of nitrogens with one attached hydrogen (secondary N) is 1. The second-order valence-electron chi connectivity index (χ2n) is 3.91. The molecule has 0 radical (unpaired) electrons. The van der Waals surface area contributed by atoms with Crippen molar-refractivity contribution >= 4 is 5.91 Å². The summed E-state index contributed by atoms with van der Waals surface area (Å²) in [6.45, 7) is 2.18. The third-order valence-electron chi connectivity index (χ3n) is 2.41. The normalized spacial score (nSPS) is 12.2. The first kappa shape index (κ1) is 13.4. The van der Waals surface area contributed by atoms with E-state index in [4.69, 9.17) is 10.5 Å². The Morgan fingerprint density at radius 1 is 1.59 bits per heavy atom. The Kier molecular flexibility index (Phi) is 4.90. The van der Waals surface area contributed by atoms with E-state index >= 15 is 0 Å². The maximum atomic E-state index is 13.5. The van der Waals surface area contributed by atoms with Crippen LogP contribution in [0.1, 0.15) is 18.9 Å². The van der Waals surface area contributed by atoms with Crippen molar-refractivity contribution in [3.05, 3.63) is 29.6 Å². The zero-order valence-electron chi connectivity index (χ0n) is 10.00. The zero-order valence-corrected chi connectivity index (χ0v) is 10.00. The van der Waals surface area contributed by atoms with Gasteiger partial charge in [-0.05, 0) is 13.0 Å². The number of halogens is 1. The molecule has 94 valence electrons. The molecule has 0 saturated carbocycles. The van der Waals surface area contributed by atoms with Crippen LogP contribution < -0.4 is 15.8 Å². The fourth-order valence-electron chi connectivity index (χ4n) is 1.46. The highest BCUT2D eigenvalue weighted by atomic mass is 19.1. The number of hydrogen-bond acceptors (Lipinski definition) is 3. The lowest BCUT2D eigenvalue weighted by Gasteiger charge is -2.12. The van der Waals surface area contributed by atoms with E-state index in [2.05, 4.69) is 5.32 Å². The van der Waals surface area contributed by atoms with Crippen molar-refractivity contribution in [2.75, 3.05) is 7.11 Å². The Labute approximate surface area is 100.0 Å². The first-order valence-corrected chi connectivity index (χ1v) is 5.37. The van der Waals surface area contributed by atoms with Crippen LogP contribution in [0.2, 0.25) is 0 Å². The van der Waals surface area contributed by atoms with Crippen LogP contribution >= 0.6 is 0 Å². The lowest BCUT2D eigenvalue weighted by molar-refractivity contribution is -0.118. The van der Waals surface area contributed by atoms with Crippen LogP contribution in [0.4, 0.5) is 4.39 Å². The molecular weight excluding hydrogens is 223 g/mol. The molecular formula is C12H17FN2O2. The average Bonchev–Trinajstić information content (AvgIpc) is 2.26. The molecule has 0 spiro atoms. The van der Waals surface area contributed by atoms with Gasteiger partial charge in [0, 0.05) is 30.6 Å². The molecule has 3 N–H and O–H groups in total. The summed E-state index contributed by atoms with van der Waals surface area (Å²) >= 11 is 0. The van der Waals surface area contributed by atoms with Crippen LogP contribution in [0.3, 0.4) is 0 Å². The summed E-state index contributed by atoms with van der Waals surface area (Å²) in [7, 11) is 1.49. The van der Waals surface area contributed by atoms with Gasteiger partial charge in [0.05, 0.1) is 7.11 Å². The molecule has 1 aromatic rings. The number of primary amides is 1. The summed E-state index contributed by atoms with van der Waals surface area (Å²) in [6.07, 6.45) is 0.234. The second-order valence-corrected chi connectivity index (χ2v) is 3.91. The number of methoxy groups -OCH3 is 1. The number of ether oxygens (including phenoxy) is 1. The topological polar surface area (TPSA) is 64.3 Å². The van der Waals surface area contributed by atoms with Gasteiger partial charge in [-0.15, -0.1) is 0 Å².